The standard InChI is InChI=1S/C10H16N2O6/c1-7(13)17-9(15)11-5-3-4-6-12-10(16)18-8(2)14/h3-6H2,1-2H3,(H,11,15)(H,12,16). The lowest BCUT2D eigenvalue weighted by atomic mass is 10.3. The molecule has 0 saturated carbocycles. The second kappa shape index (κ2) is 8.97. The summed E-state index contributed by atoms with van der Waals surface area (Å²) in [5.41, 5.74) is 0. The number of carbonyl (C=O) groups excluding carboxylic acids is 4. The molecular weight excluding hydrogens is 244 g/mol. The highest BCUT2D eigenvalue weighted by atomic mass is 16.6. The first-order valence-electron chi connectivity index (χ1n) is 5.34. The van der Waals surface area contributed by atoms with Crippen molar-refractivity contribution in [3.63, 3.8) is 0 Å². The summed E-state index contributed by atoms with van der Waals surface area (Å²) in [6, 6.07) is 0. The van der Waals surface area contributed by atoms with Crippen LogP contribution >= 0.6 is 0 Å². The highest BCUT2D eigenvalue weighted by Crippen LogP contribution is 1.87. The average Bonchev–Trinajstić information content (AvgIpc) is 2.20. The molecule has 0 aliphatic rings. The molecule has 2 N–H and O–H groups in total. The molecule has 0 radical (unpaired) electrons. The Kier molecular flexibility index (Phi) is 7.91. The first kappa shape index (κ1) is 15.9. The van der Waals surface area contributed by atoms with E-state index in [0.717, 1.165) is 13.8 Å². The summed E-state index contributed by atoms with van der Waals surface area (Å²) >= 11 is 0. The van der Waals surface area contributed by atoms with Crippen molar-refractivity contribution in [1.82, 2.24) is 10.6 Å². The Balaban J connectivity index is 3.41. The van der Waals surface area contributed by atoms with Gasteiger partial charge in [-0.2, -0.15) is 0 Å². The molecule has 0 bridgehead atoms. The number of carbonyl (C=O) groups is 4. The molecule has 0 aromatic rings. The summed E-state index contributed by atoms with van der Waals surface area (Å²) in [4.78, 5) is 42.4. The number of alkyl carbamates (subject to hydrolysis) is 2. The molecule has 0 atom stereocenters. The maximum Gasteiger partial charge on any atom is 0.414 e. The van der Waals surface area contributed by atoms with E-state index in [-0.39, 0.29) is 0 Å². The van der Waals surface area contributed by atoms with Crippen molar-refractivity contribution in [2.45, 2.75) is 26.7 Å². The fourth-order valence-electron chi connectivity index (χ4n) is 0.964. The van der Waals surface area contributed by atoms with Gasteiger partial charge in [-0.3, -0.25) is 9.59 Å². The summed E-state index contributed by atoms with van der Waals surface area (Å²) in [6.07, 6.45) is -0.446. The van der Waals surface area contributed by atoms with E-state index in [4.69, 9.17) is 0 Å². The van der Waals surface area contributed by atoms with Gasteiger partial charge in [0.2, 0.25) is 0 Å². The molecule has 18 heavy (non-hydrogen) atoms. The SMILES string of the molecule is CC(=O)OC(=O)NCCCCNC(=O)OC(C)=O. The van der Waals surface area contributed by atoms with Crippen LogP contribution in [0.3, 0.4) is 0 Å². The van der Waals surface area contributed by atoms with Gasteiger partial charge in [-0.25, -0.2) is 9.59 Å². The Morgan fingerprint density at radius 2 is 1.11 bits per heavy atom. The zero-order valence-electron chi connectivity index (χ0n) is 10.3. The van der Waals surface area contributed by atoms with E-state index in [2.05, 4.69) is 20.1 Å². The molecule has 0 heterocycles. The zero-order valence-corrected chi connectivity index (χ0v) is 10.3. The maximum atomic E-state index is 10.8. The largest absolute Gasteiger partial charge is 0.414 e. The number of amides is 2. The van der Waals surface area contributed by atoms with Gasteiger partial charge in [0.25, 0.3) is 0 Å². The summed E-state index contributed by atoms with van der Waals surface area (Å²) in [7, 11) is 0. The van der Waals surface area contributed by atoms with Gasteiger partial charge in [0.05, 0.1) is 0 Å². The average molecular weight is 260 g/mol. The molecule has 0 saturated heterocycles. The predicted molar refractivity (Wildman–Crippen MR) is 59.6 cm³/mol. The monoisotopic (exact) mass is 260 g/mol. The van der Waals surface area contributed by atoms with Crippen LogP contribution in [-0.2, 0) is 19.1 Å². The Morgan fingerprint density at radius 1 is 0.778 bits per heavy atom. The summed E-state index contributed by atoms with van der Waals surface area (Å²) in [6.45, 7) is 2.89. The second-order valence-corrected chi connectivity index (χ2v) is 3.32. The molecule has 0 aliphatic carbocycles. The predicted octanol–water partition coefficient (Wildman–Crippen LogP) is 0.312. The minimum absolute atomic E-state index is 0.315. The van der Waals surface area contributed by atoms with Gasteiger partial charge in [-0.15, -0.1) is 0 Å². The third kappa shape index (κ3) is 10.4. The normalized spacial score (nSPS) is 9.22. The molecule has 0 spiro atoms. The van der Waals surface area contributed by atoms with Gasteiger partial charge >= 0.3 is 24.1 Å². The molecule has 0 aromatic heterocycles. The molecule has 0 aromatic carbocycles. The Labute approximate surface area is 104 Å². The Bertz CT molecular complexity index is 296. The van der Waals surface area contributed by atoms with Gasteiger partial charge in [0.1, 0.15) is 0 Å². The van der Waals surface area contributed by atoms with E-state index in [0.29, 0.717) is 25.9 Å². The molecule has 8 nitrogen and oxygen atoms in total. The smallest absolute Gasteiger partial charge is 0.377 e. The number of esters is 2. The van der Waals surface area contributed by atoms with Crippen LogP contribution in [0.2, 0.25) is 0 Å². The number of hydrogen-bond donors (Lipinski definition) is 2. The topological polar surface area (TPSA) is 111 Å². The van der Waals surface area contributed by atoms with Crippen molar-refractivity contribution in [1.29, 1.82) is 0 Å². The molecule has 0 fully saturated rings. The van der Waals surface area contributed by atoms with Crippen molar-refractivity contribution in [3.05, 3.63) is 0 Å². The number of hydrogen-bond acceptors (Lipinski definition) is 6. The molecule has 2 amide bonds. The Hall–Kier alpha value is -2.12. The fourth-order valence-corrected chi connectivity index (χ4v) is 0.964. The van der Waals surface area contributed by atoms with Gasteiger partial charge in [0.15, 0.2) is 0 Å². The van der Waals surface area contributed by atoms with Crippen LogP contribution in [0.15, 0.2) is 0 Å². The number of nitrogens with one attached hydrogen (secondary N) is 2. The van der Waals surface area contributed by atoms with Crippen molar-refractivity contribution in [2.24, 2.45) is 0 Å². The van der Waals surface area contributed by atoms with E-state index in [1.54, 1.807) is 0 Å². The summed E-state index contributed by atoms with van der Waals surface area (Å²) in [5, 5.41) is 4.71. The van der Waals surface area contributed by atoms with Crippen LogP contribution in [0.5, 0.6) is 0 Å². The van der Waals surface area contributed by atoms with Crippen LogP contribution < -0.4 is 10.6 Å². The van der Waals surface area contributed by atoms with Crippen LogP contribution in [0.25, 0.3) is 0 Å². The fraction of sp³-hybridized carbons (Fsp3) is 0.600. The van der Waals surface area contributed by atoms with E-state index < -0.39 is 24.1 Å². The molecule has 0 aliphatic heterocycles. The maximum absolute atomic E-state index is 10.8. The van der Waals surface area contributed by atoms with E-state index in [1.165, 1.54) is 0 Å². The van der Waals surface area contributed by atoms with Gasteiger partial charge in [-0.1, -0.05) is 0 Å². The van der Waals surface area contributed by atoms with E-state index in [1.807, 2.05) is 0 Å². The van der Waals surface area contributed by atoms with E-state index in [9.17, 15) is 19.2 Å². The van der Waals surface area contributed by atoms with Crippen LogP contribution in [0, 0.1) is 0 Å². The van der Waals surface area contributed by atoms with Gasteiger partial charge < -0.3 is 20.1 Å². The molecule has 8 heteroatoms. The van der Waals surface area contributed by atoms with Crippen molar-refractivity contribution in [3.8, 4) is 0 Å². The van der Waals surface area contributed by atoms with Crippen molar-refractivity contribution in [2.75, 3.05) is 13.1 Å². The lowest BCUT2D eigenvalue weighted by molar-refractivity contribution is -0.135. The molecular formula is C10H16N2O6. The minimum Gasteiger partial charge on any atom is -0.377 e. The minimum atomic E-state index is -0.800. The van der Waals surface area contributed by atoms with E-state index >= 15 is 0 Å². The molecule has 0 unspecified atom stereocenters. The third-order valence-electron chi connectivity index (χ3n) is 1.62. The highest BCUT2D eigenvalue weighted by molar-refractivity contribution is 5.83. The lowest BCUT2D eigenvalue weighted by Crippen LogP contribution is -2.29. The Morgan fingerprint density at radius 3 is 1.39 bits per heavy atom. The zero-order chi connectivity index (χ0) is 14.0. The first-order valence-corrected chi connectivity index (χ1v) is 5.34. The molecule has 0 rings (SSSR count). The van der Waals surface area contributed by atoms with Crippen LogP contribution in [0.1, 0.15) is 26.7 Å². The summed E-state index contributed by atoms with van der Waals surface area (Å²) in [5.74, 6) is -1.36. The van der Waals surface area contributed by atoms with Crippen molar-refractivity contribution < 1.29 is 28.7 Å². The third-order valence-corrected chi connectivity index (χ3v) is 1.62. The second-order valence-electron chi connectivity index (χ2n) is 3.32. The lowest BCUT2D eigenvalue weighted by Gasteiger charge is -2.05. The van der Waals surface area contributed by atoms with Gasteiger partial charge in [-0.05, 0) is 12.8 Å². The van der Waals surface area contributed by atoms with Crippen LogP contribution in [0.4, 0.5) is 9.59 Å². The number of rotatable bonds is 5. The quantitative estimate of drug-likeness (QED) is 0.418. The van der Waals surface area contributed by atoms with Crippen molar-refractivity contribution >= 4 is 24.1 Å². The molecule has 102 valence electrons. The number of ether oxygens (including phenoxy) is 2. The highest BCUT2D eigenvalue weighted by Gasteiger charge is 2.05. The first-order chi connectivity index (χ1) is 8.41. The van der Waals surface area contributed by atoms with Gasteiger partial charge in [0, 0.05) is 26.9 Å². The number of unbranched alkanes of at least 4 members (excludes halogenated alkanes) is 1. The van der Waals surface area contributed by atoms with Crippen LogP contribution in [-0.4, -0.2) is 37.2 Å². The summed E-state index contributed by atoms with van der Waals surface area (Å²) < 4.78 is 8.45.